The Morgan fingerprint density at radius 1 is 1.13 bits per heavy atom. The van der Waals surface area contributed by atoms with Gasteiger partial charge >= 0.3 is 0 Å². The minimum Gasteiger partial charge on any atom is -0.337 e. The summed E-state index contributed by atoms with van der Waals surface area (Å²) in [6.07, 6.45) is 8.20. The van der Waals surface area contributed by atoms with Crippen LogP contribution in [-0.2, 0) is 6.42 Å². The van der Waals surface area contributed by atoms with Gasteiger partial charge in [-0.05, 0) is 31.2 Å². The van der Waals surface area contributed by atoms with Crippen molar-refractivity contribution in [3.63, 3.8) is 0 Å². The van der Waals surface area contributed by atoms with Gasteiger partial charge in [-0.1, -0.05) is 41.9 Å². The van der Waals surface area contributed by atoms with Crippen LogP contribution in [0.25, 0.3) is 5.65 Å². The van der Waals surface area contributed by atoms with E-state index < -0.39 is 0 Å². The molecule has 3 aromatic rings. The minimum atomic E-state index is 0.392. The zero-order valence-electron chi connectivity index (χ0n) is 12.8. The summed E-state index contributed by atoms with van der Waals surface area (Å²) in [5, 5.41) is 8.99. The highest BCUT2D eigenvalue weighted by molar-refractivity contribution is 6.32. The maximum atomic E-state index is 6.12. The van der Waals surface area contributed by atoms with E-state index in [9.17, 15) is 0 Å². The Hall–Kier alpha value is -2.14. The normalized spacial score (nSPS) is 18.5. The maximum Gasteiger partial charge on any atom is 0.232 e. The van der Waals surface area contributed by atoms with Gasteiger partial charge in [0.2, 0.25) is 5.95 Å². The van der Waals surface area contributed by atoms with Crippen molar-refractivity contribution in [1.29, 1.82) is 0 Å². The number of nitrogens with zero attached hydrogens (tertiary/aromatic N) is 5. The first-order valence-corrected chi connectivity index (χ1v) is 8.36. The second kappa shape index (κ2) is 6.16. The van der Waals surface area contributed by atoms with Crippen molar-refractivity contribution >= 4 is 23.2 Å². The van der Waals surface area contributed by atoms with Gasteiger partial charge in [-0.25, -0.2) is 4.98 Å². The topological polar surface area (TPSA) is 46.3 Å². The van der Waals surface area contributed by atoms with Gasteiger partial charge in [0.05, 0.1) is 0 Å². The highest BCUT2D eigenvalue weighted by Crippen LogP contribution is 2.27. The third kappa shape index (κ3) is 2.77. The van der Waals surface area contributed by atoms with E-state index in [1.165, 1.54) is 24.8 Å². The molecule has 1 saturated heterocycles. The van der Waals surface area contributed by atoms with Crippen LogP contribution < -0.4 is 4.90 Å². The van der Waals surface area contributed by atoms with Gasteiger partial charge < -0.3 is 4.90 Å². The van der Waals surface area contributed by atoms with Crippen molar-refractivity contribution in [2.75, 3.05) is 11.4 Å². The van der Waals surface area contributed by atoms with Crippen molar-refractivity contribution < 1.29 is 0 Å². The molecule has 0 spiro atoms. The van der Waals surface area contributed by atoms with Crippen LogP contribution in [0.5, 0.6) is 0 Å². The molecule has 2 aromatic heterocycles. The molecule has 6 heteroatoms. The summed E-state index contributed by atoms with van der Waals surface area (Å²) in [7, 11) is 0. The average Bonchev–Trinajstić information content (AvgIpc) is 3.02. The maximum absolute atomic E-state index is 6.12. The Balaban J connectivity index is 1.68. The molecule has 1 unspecified atom stereocenters. The Bertz CT molecular complexity index is 801. The first-order valence-electron chi connectivity index (χ1n) is 7.99. The largest absolute Gasteiger partial charge is 0.337 e. The number of fused-ring (bicyclic) bond motifs is 1. The molecule has 1 aliphatic heterocycles. The first-order chi connectivity index (χ1) is 11.3. The Labute approximate surface area is 139 Å². The molecule has 5 nitrogen and oxygen atoms in total. The van der Waals surface area contributed by atoms with Crippen molar-refractivity contribution in [3.05, 3.63) is 53.4 Å². The molecule has 3 heterocycles. The van der Waals surface area contributed by atoms with Crippen LogP contribution in [0, 0.1) is 0 Å². The molecule has 0 radical (unpaired) electrons. The molecule has 0 saturated carbocycles. The lowest BCUT2D eigenvalue weighted by Crippen LogP contribution is -2.42. The van der Waals surface area contributed by atoms with Gasteiger partial charge in [0, 0.05) is 25.0 Å². The minimum absolute atomic E-state index is 0.392. The highest BCUT2D eigenvalue weighted by Gasteiger charge is 2.26. The van der Waals surface area contributed by atoms with Gasteiger partial charge in [0.1, 0.15) is 0 Å². The molecule has 0 aliphatic carbocycles. The molecule has 0 amide bonds. The fraction of sp³-hybridized carbons (Fsp3) is 0.353. The van der Waals surface area contributed by atoms with Crippen LogP contribution in [0.3, 0.4) is 0 Å². The SMILES string of the molecule is Clc1nccn2c(N3CCCCC3Cc3ccccc3)nnc12. The van der Waals surface area contributed by atoms with Gasteiger partial charge in [0.25, 0.3) is 0 Å². The van der Waals surface area contributed by atoms with E-state index in [0.717, 1.165) is 18.9 Å². The Morgan fingerprint density at radius 3 is 2.87 bits per heavy atom. The molecular formula is C17H18ClN5. The molecule has 23 heavy (non-hydrogen) atoms. The quantitative estimate of drug-likeness (QED) is 0.740. The van der Waals surface area contributed by atoms with E-state index >= 15 is 0 Å². The zero-order chi connectivity index (χ0) is 15.6. The number of hydrogen-bond donors (Lipinski definition) is 0. The zero-order valence-corrected chi connectivity index (χ0v) is 13.5. The summed E-state index contributed by atoms with van der Waals surface area (Å²) >= 11 is 6.12. The second-order valence-corrected chi connectivity index (χ2v) is 6.30. The molecular weight excluding hydrogens is 310 g/mol. The Kier molecular flexibility index (Phi) is 3.87. The molecule has 1 aromatic carbocycles. The number of benzene rings is 1. The van der Waals surface area contributed by atoms with E-state index in [-0.39, 0.29) is 0 Å². The van der Waals surface area contributed by atoms with Crippen LogP contribution in [0.15, 0.2) is 42.7 Å². The summed E-state index contributed by atoms with van der Waals surface area (Å²) in [5.41, 5.74) is 1.98. The summed E-state index contributed by atoms with van der Waals surface area (Å²) in [4.78, 5) is 6.44. The van der Waals surface area contributed by atoms with E-state index in [2.05, 4.69) is 50.4 Å². The van der Waals surface area contributed by atoms with E-state index in [4.69, 9.17) is 11.6 Å². The summed E-state index contributed by atoms with van der Waals surface area (Å²) in [6.45, 7) is 0.998. The average molecular weight is 328 g/mol. The van der Waals surface area contributed by atoms with Crippen LogP contribution in [0.1, 0.15) is 24.8 Å². The number of halogens is 1. The van der Waals surface area contributed by atoms with Crippen LogP contribution in [0.2, 0.25) is 5.15 Å². The monoisotopic (exact) mass is 327 g/mol. The van der Waals surface area contributed by atoms with Gasteiger partial charge in [-0.3, -0.25) is 4.40 Å². The fourth-order valence-electron chi connectivity index (χ4n) is 3.34. The van der Waals surface area contributed by atoms with E-state index in [1.807, 2.05) is 10.6 Å². The van der Waals surface area contributed by atoms with Crippen molar-refractivity contribution in [2.45, 2.75) is 31.7 Å². The third-order valence-electron chi connectivity index (χ3n) is 4.46. The van der Waals surface area contributed by atoms with Crippen LogP contribution in [0.4, 0.5) is 5.95 Å². The van der Waals surface area contributed by atoms with Crippen molar-refractivity contribution in [1.82, 2.24) is 19.6 Å². The molecule has 1 aliphatic rings. The summed E-state index contributed by atoms with van der Waals surface area (Å²) in [6, 6.07) is 11.1. The van der Waals surface area contributed by atoms with Crippen LogP contribution in [-0.4, -0.2) is 32.2 Å². The first kappa shape index (κ1) is 14.5. The number of piperidine rings is 1. The lowest BCUT2D eigenvalue weighted by Gasteiger charge is -2.35. The van der Waals surface area contributed by atoms with Crippen LogP contribution >= 0.6 is 11.6 Å². The highest BCUT2D eigenvalue weighted by atomic mass is 35.5. The number of aromatic nitrogens is 4. The number of anilines is 1. The van der Waals surface area contributed by atoms with E-state index in [1.54, 1.807) is 6.20 Å². The lowest BCUT2D eigenvalue weighted by atomic mass is 9.96. The molecule has 0 bridgehead atoms. The Morgan fingerprint density at radius 2 is 2.00 bits per heavy atom. The molecule has 118 valence electrons. The predicted molar refractivity (Wildman–Crippen MR) is 90.9 cm³/mol. The van der Waals surface area contributed by atoms with Crippen molar-refractivity contribution in [2.24, 2.45) is 0 Å². The molecule has 1 fully saturated rings. The number of rotatable bonds is 3. The van der Waals surface area contributed by atoms with Gasteiger partial charge in [0.15, 0.2) is 10.8 Å². The third-order valence-corrected chi connectivity index (χ3v) is 4.73. The smallest absolute Gasteiger partial charge is 0.232 e. The van der Waals surface area contributed by atoms with Gasteiger partial charge in [-0.2, -0.15) is 0 Å². The summed E-state index contributed by atoms with van der Waals surface area (Å²) in [5.74, 6) is 0.866. The summed E-state index contributed by atoms with van der Waals surface area (Å²) < 4.78 is 1.94. The lowest BCUT2D eigenvalue weighted by molar-refractivity contribution is 0.449. The molecule has 1 atom stereocenters. The number of hydrogen-bond acceptors (Lipinski definition) is 4. The molecule has 0 N–H and O–H groups in total. The van der Waals surface area contributed by atoms with E-state index in [0.29, 0.717) is 16.8 Å². The molecule has 4 rings (SSSR count). The van der Waals surface area contributed by atoms with Gasteiger partial charge in [-0.15, -0.1) is 10.2 Å². The second-order valence-electron chi connectivity index (χ2n) is 5.94. The standard InChI is InChI=1S/C17H18ClN5/c18-15-16-20-21-17(23(16)11-9-19-15)22-10-5-4-8-14(22)12-13-6-2-1-3-7-13/h1-3,6-7,9,11,14H,4-5,8,10,12H2. The fourth-order valence-corrected chi connectivity index (χ4v) is 3.53. The van der Waals surface area contributed by atoms with Crippen molar-refractivity contribution in [3.8, 4) is 0 Å². The predicted octanol–water partition coefficient (Wildman–Crippen LogP) is 3.38.